The van der Waals surface area contributed by atoms with E-state index in [4.69, 9.17) is 20.5 Å². The third kappa shape index (κ3) is 1.38. The summed E-state index contributed by atoms with van der Waals surface area (Å²) in [4.78, 5) is 8.00. The molecule has 0 spiro atoms. The second-order valence-corrected chi connectivity index (χ2v) is 3.21. The minimum Gasteiger partial charge on any atom is -0.452 e. The summed E-state index contributed by atoms with van der Waals surface area (Å²) < 4.78 is 9.94. The van der Waals surface area contributed by atoms with Gasteiger partial charge in [0, 0.05) is 0 Å². The fraction of sp³-hybridized carbons (Fsp3) is 0. The molecule has 0 aliphatic rings. The highest BCUT2D eigenvalue weighted by atomic mass is 35.5. The third-order valence-corrected chi connectivity index (χ3v) is 2.19. The number of hydrogen-bond acceptors (Lipinski definition) is 6. The smallest absolute Gasteiger partial charge is 0.263 e. The summed E-state index contributed by atoms with van der Waals surface area (Å²) in [7, 11) is 0. The van der Waals surface area contributed by atoms with Gasteiger partial charge in [0.2, 0.25) is 11.0 Å². The average Bonchev–Trinajstić information content (AvgIpc) is 2.96. The van der Waals surface area contributed by atoms with Crippen molar-refractivity contribution < 1.29 is 8.94 Å². The zero-order chi connectivity index (χ0) is 11.0. The summed E-state index contributed by atoms with van der Waals surface area (Å²) in [5.41, 5.74) is 0.542. The Morgan fingerprint density at radius 1 is 1.38 bits per heavy atom. The SMILES string of the molecule is Clc1occc1-c1nc(-c2ncn[nH]2)no1. The first kappa shape index (κ1) is 9.10. The van der Waals surface area contributed by atoms with E-state index in [1.165, 1.54) is 12.6 Å². The lowest BCUT2D eigenvalue weighted by Gasteiger charge is -1.85. The van der Waals surface area contributed by atoms with Gasteiger partial charge < -0.3 is 8.94 Å². The summed E-state index contributed by atoms with van der Waals surface area (Å²) in [5, 5.41) is 10.2. The van der Waals surface area contributed by atoms with Crippen LogP contribution in [-0.2, 0) is 0 Å². The fourth-order valence-corrected chi connectivity index (χ4v) is 1.38. The van der Waals surface area contributed by atoms with Crippen LogP contribution in [0.2, 0.25) is 5.22 Å². The molecule has 0 aliphatic heterocycles. The first-order valence-corrected chi connectivity index (χ1v) is 4.65. The summed E-state index contributed by atoms with van der Waals surface area (Å²) in [6, 6.07) is 1.64. The van der Waals surface area contributed by atoms with Gasteiger partial charge in [-0.05, 0) is 17.7 Å². The predicted octanol–water partition coefficient (Wildman–Crippen LogP) is 1.77. The van der Waals surface area contributed by atoms with Gasteiger partial charge in [-0.3, -0.25) is 5.10 Å². The molecule has 0 radical (unpaired) electrons. The highest BCUT2D eigenvalue weighted by Gasteiger charge is 2.16. The van der Waals surface area contributed by atoms with Crippen LogP contribution in [0.1, 0.15) is 0 Å². The maximum Gasteiger partial charge on any atom is 0.263 e. The molecule has 0 unspecified atom stereocenters. The molecule has 0 amide bonds. The fourth-order valence-electron chi connectivity index (χ4n) is 1.19. The van der Waals surface area contributed by atoms with E-state index < -0.39 is 0 Å². The molecule has 0 atom stereocenters. The van der Waals surface area contributed by atoms with Crippen molar-refractivity contribution in [1.29, 1.82) is 0 Å². The minimum atomic E-state index is 0.202. The van der Waals surface area contributed by atoms with E-state index in [-0.39, 0.29) is 11.1 Å². The number of aromatic nitrogens is 5. The Morgan fingerprint density at radius 3 is 3.00 bits per heavy atom. The summed E-state index contributed by atoms with van der Waals surface area (Å²) in [6.07, 6.45) is 2.80. The third-order valence-electron chi connectivity index (χ3n) is 1.90. The molecule has 0 aliphatic carbocycles. The van der Waals surface area contributed by atoms with Crippen molar-refractivity contribution in [2.24, 2.45) is 0 Å². The average molecular weight is 238 g/mol. The van der Waals surface area contributed by atoms with Gasteiger partial charge in [0.05, 0.1) is 11.8 Å². The van der Waals surface area contributed by atoms with Gasteiger partial charge in [0.15, 0.2) is 5.82 Å². The first-order valence-electron chi connectivity index (χ1n) is 4.27. The zero-order valence-electron chi connectivity index (χ0n) is 7.72. The maximum atomic E-state index is 5.78. The van der Waals surface area contributed by atoms with Gasteiger partial charge in [-0.2, -0.15) is 10.1 Å². The molecule has 8 heteroatoms. The van der Waals surface area contributed by atoms with Gasteiger partial charge in [-0.15, -0.1) is 0 Å². The molecule has 80 valence electrons. The Balaban J connectivity index is 2.03. The van der Waals surface area contributed by atoms with Crippen LogP contribution in [0.25, 0.3) is 23.1 Å². The van der Waals surface area contributed by atoms with Crippen LogP contribution in [0.3, 0.4) is 0 Å². The molecule has 1 N–H and O–H groups in total. The number of nitrogens with zero attached hydrogens (tertiary/aromatic N) is 4. The molecule has 3 aromatic heterocycles. The van der Waals surface area contributed by atoms with E-state index in [0.29, 0.717) is 17.2 Å². The Morgan fingerprint density at radius 2 is 2.31 bits per heavy atom. The van der Waals surface area contributed by atoms with Crippen molar-refractivity contribution in [3.8, 4) is 23.1 Å². The van der Waals surface area contributed by atoms with E-state index in [1.54, 1.807) is 6.07 Å². The number of nitrogens with one attached hydrogen (secondary N) is 1. The lowest BCUT2D eigenvalue weighted by Crippen LogP contribution is -1.83. The summed E-state index contributed by atoms with van der Waals surface area (Å²) in [5.74, 6) is 1.00. The van der Waals surface area contributed by atoms with E-state index in [2.05, 4.69) is 25.3 Å². The maximum absolute atomic E-state index is 5.78. The molecule has 0 saturated heterocycles. The number of H-pyrrole nitrogens is 1. The van der Waals surface area contributed by atoms with Gasteiger partial charge in [0.1, 0.15) is 6.33 Å². The Labute approximate surface area is 93.4 Å². The largest absolute Gasteiger partial charge is 0.452 e. The molecule has 0 bridgehead atoms. The van der Waals surface area contributed by atoms with Gasteiger partial charge >= 0.3 is 0 Å². The number of aromatic amines is 1. The monoisotopic (exact) mass is 237 g/mol. The molecule has 3 rings (SSSR count). The highest BCUT2D eigenvalue weighted by Crippen LogP contribution is 2.28. The van der Waals surface area contributed by atoms with Crippen molar-refractivity contribution in [2.75, 3.05) is 0 Å². The van der Waals surface area contributed by atoms with Gasteiger partial charge in [-0.25, -0.2) is 4.98 Å². The highest BCUT2D eigenvalue weighted by molar-refractivity contribution is 6.31. The van der Waals surface area contributed by atoms with Crippen molar-refractivity contribution in [1.82, 2.24) is 25.3 Å². The Bertz CT molecular complexity index is 600. The lowest BCUT2D eigenvalue weighted by molar-refractivity contribution is 0.431. The van der Waals surface area contributed by atoms with Crippen LogP contribution in [0.4, 0.5) is 0 Å². The zero-order valence-corrected chi connectivity index (χ0v) is 8.47. The normalized spacial score (nSPS) is 10.8. The molecule has 0 aromatic carbocycles. The first-order chi connectivity index (χ1) is 7.84. The predicted molar refractivity (Wildman–Crippen MR) is 52.4 cm³/mol. The molecule has 7 nitrogen and oxygen atoms in total. The number of furan rings is 1. The van der Waals surface area contributed by atoms with E-state index in [1.807, 2.05) is 0 Å². The van der Waals surface area contributed by atoms with Crippen LogP contribution < -0.4 is 0 Å². The molecule has 0 saturated carbocycles. The molecule has 3 aromatic rings. The van der Waals surface area contributed by atoms with E-state index in [0.717, 1.165) is 0 Å². The molecular formula is C8H4ClN5O2. The molecular weight excluding hydrogens is 234 g/mol. The summed E-state index contributed by atoms with van der Waals surface area (Å²) >= 11 is 5.78. The van der Waals surface area contributed by atoms with E-state index >= 15 is 0 Å². The minimum absolute atomic E-state index is 0.202. The molecule has 0 fully saturated rings. The molecule has 3 heterocycles. The standard InChI is InChI=1S/C8H4ClN5O2/c9-5-4(1-2-15-5)8-12-7(14-16-8)6-10-3-11-13-6/h1-3H,(H,10,11,13). The Kier molecular flexibility index (Phi) is 1.97. The molecule has 16 heavy (non-hydrogen) atoms. The van der Waals surface area contributed by atoms with Crippen molar-refractivity contribution in [2.45, 2.75) is 0 Å². The second kappa shape index (κ2) is 3.46. The lowest BCUT2D eigenvalue weighted by atomic mass is 10.3. The number of rotatable bonds is 2. The van der Waals surface area contributed by atoms with Crippen LogP contribution >= 0.6 is 11.6 Å². The van der Waals surface area contributed by atoms with E-state index in [9.17, 15) is 0 Å². The topological polar surface area (TPSA) is 93.6 Å². The van der Waals surface area contributed by atoms with Crippen molar-refractivity contribution in [3.05, 3.63) is 23.9 Å². The van der Waals surface area contributed by atoms with Crippen molar-refractivity contribution in [3.63, 3.8) is 0 Å². The van der Waals surface area contributed by atoms with Crippen LogP contribution in [0.5, 0.6) is 0 Å². The summed E-state index contributed by atoms with van der Waals surface area (Å²) in [6.45, 7) is 0. The number of hydrogen-bond donors (Lipinski definition) is 1. The number of halogens is 1. The second-order valence-electron chi connectivity index (χ2n) is 2.87. The van der Waals surface area contributed by atoms with Gasteiger partial charge in [-0.1, -0.05) is 5.16 Å². The Hall–Kier alpha value is -2.15. The van der Waals surface area contributed by atoms with Crippen LogP contribution in [-0.4, -0.2) is 25.3 Å². The quantitative estimate of drug-likeness (QED) is 0.730. The van der Waals surface area contributed by atoms with Crippen LogP contribution in [0.15, 0.2) is 27.6 Å². The van der Waals surface area contributed by atoms with Crippen molar-refractivity contribution >= 4 is 11.6 Å². The van der Waals surface area contributed by atoms with Crippen LogP contribution in [0, 0.1) is 0 Å². The van der Waals surface area contributed by atoms with Gasteiger partial charge in [0.25, 0.3) is 5.89 Å².